The van der Waals surface area contributed by atoms with Crippen LogP contribution >= 0.6 is 0 Å². The molecule has 0 saturated heterocycles. The van der Waals surface area contributed by atoms with Crippen LogP contribution in [0.15, 0.2) is 29.0 Å². The van der Waals surface area contributed by atoms with E-state index in [0.29, 0.717) is 50.6 Å². The molecule has 0 unspecified atom stereocenters. The Labute approximate surface area is 210 Å². The lowest BCUT2D eigenvalue weighted by atomic mass is 9.83. The first-order chi connectivity index (χ1) is 17.0. The van der Waals surface area contributed by atoms with Crippen molar-refractivity contribution in [1.82, 2.24) is 4.48 Å². The fourth-order valence-electron chi connectivity index (χ4n) is 5.67. The van der Waals surface area contributed by atoms with E-state index in [0.717, 1.165) is 16.7 Å². The molecule has 0 amide bonds. The van der Waals surface area contributed by atoms with Crippen LogP contribution in [0.25, 0.3) is 5.57 Å². The molecular weight excluding hydrogens is 462 g/mol. The summed E-state index contributed by atoms with van der Waals surface area (Å²) in [6.07, 6.45) is 0. The van der Waals surface area contributed by atoms with Crippen molar-refractivity contribution in [2.75, 3.05) is 13.2 Å². The number of rotatable bonds is 5. The summed E-state index contributed by atoms with van der Waals surface area (Å²) in [5.74, 6) is -0.893. The molecule has 3 heterocycles. The highest BCUT2D eigenvalue weighted by Gasteiger charge is 2.55. The zero-order valence-corrected chi connectivity index (χ0v) is 22.0. The third kappa shape index (κ3) is 3.52. The Morgan fingerprint density at radius 2 is 1.56 bits per heavy atom. The van der Waals surface area contributed by atoms with Gasteiger partial charge in [0.15, 0.2) is 11.4 Å². The lowest BCUT2D eigenvalue weighted by Crippen LogP contribution is -2.41. The maximum absolute atomic E-state index is 16.5. The first kappa shape index (κ1) is 25.5. The zero-order valence-electron chi connectivity index (χ0n) is 22.0. The van der Waals surface area contributed by atoms with Crippen molar-refractivity contribution >= 4 is 30.5 Å². The predicted octanol–water partition coefficient (Wildman–Crippen LogP) is 4.55. The van der Waals surface area contributed by atoms with Crippen LogP contribution in [0.4, 0.5) is 4.32 Å². The maximum atomic E-state index is 16.5. The van der Waals surface area contributed by atoms with E-state index in [-0.39, 0.29) is 19.0 Å². The van der Waals surface area contributed by atoms with E-state index in [1.807, 2.05) is 13.8 Å². The summed E-state index contributed by atoms with van der Waals surface area (Å²) in [6.45, 7) is 14.6. The predicted molar refractivity (Wildman–Crippen MR) is 136 cm³/mol. The molecular formula is C27H31BFN2O5+. The summed E-state index contributed by atoms with van der Waals surface area (Å²) in [7, 11) is -1.69. The van der Waals surface area contributed by atoms with Crippen molar-refractivity contribution in [2.24, 2.45) is 0 Å². The number of benzene rings is 1. The Hall–Kier alpha value is -3.62. The molecule has 9 heteroatoms. The minimum Gasteiger partial charge on any atom is -0.508 e. The van der Waals surface area contributed by atoms with Gasteiger partial charge in [-0.15, -0.1) is 0 Å². The number of ether oxygens (including phenoxy) is 2. The number of carbonyl (C=O) groups excluding carboxylic acids is 2. The molecule has 0 aliphatic carbocycles. The van der Waals surface area contributed by atoms with E-state index in [4.69, 9.17) is 9.47 Å². The first-order valence-corrected chi connectivity index (χ1v) is 12.1. The highest BCUT2D eigenvalue weighted by atomic mass is 19.1. The minimum absolute atomic E-state index is 0.125. The number of fused-ring (bicyclic) bond motifs is 2. The average Bonchev–Trinajstić information content (AvgIpc) is 3.20. The van der Waals surface area contributed by atoms with E-state index in [2.05, 4.69) is 0 Å². The summed E-state index contributed by atoms with van der Waals surface area (Å²) < 4.78 is 30.1. The Bertz CT molecular complexity index is 1410. The van der Waals surface area contributed by atoms with Crippen molar-refractivity contribution in [3.05, 3.63) is 68.2 Å². The van der Waals surface area contributed by atoms with Gasteiger partial charge in [-0.3, -0.25) is 4.48 Å². The summed E-state index contributed by atoms with van der Waals surface area (Å²) in [5.41, 5.74) is 6.86. The molecule has 0 bridgehead atoms. The van der Waals surface area contributed by atoms with Crippen LogP contribution in [0.2, 0.25) is 0 Å². The minimum atomic E-state index is -1.69. The third-order valence-corrected chi connectivity index (χ3v) is 7.01. The molecule has 1 aromatic carbocycles. The van der Waals surface area contributed by atoms with E-state index in [1.54, 1.807) is 53.7 Å². The second-order valence-electron chi connectivity index (χ2n) is 9.19. The normalized spacial score (nSPS) is 15.0. The number of nitrogens with zero attached hydrogens (tertiary/aromatic N) is 2. The monoisotopic (exact) mass is 493 g/mol. The number of hydrogen-bond acceptors (Lipinski definition) is 5. The summed E-state index contributed by atoms with van der Waals surface area (Å²) in [5, 5.41) is 10.2. The number of phenolic OH excluding ortho intramolecular Hbond substituents is 1. The number of hydrogen-bond donors (Lipinski definition) is 1. The quantitative estimate of drug-likeness (QED) is 0.489. The molecule has 1 aromatic heterocycles. The van der Waals surface area contributed by atoms with Gasteiger partial charge in [-0.25, -0.2) is 18.4 Å². The average molecular weight is 493 g/mol. The summed E-state index contributed by atoms with van der Waals surface area (Å²) in [4.78, 5) is 25.8. The molecule has 7 nitrogen and oxygen atoms in total. The molecule has 188 valence electrons. The number of aromatic nitrogens is 1. The second-order valence-corrected chi connectivity index (χ2v) is 9.19. The maximum Gasteiger partial charge on any atom is 0.846 e. The van der Waals surface area contributed by atoms with Gasteiger partial charge >= 0.3 is 19.2 Å². The van der Waals surface area contributed by atoms with Gasteiger partial charge in [-0.05, 0) is 82.9 Å². The van der Waals surface area contributed by atoms with Crippen LogP contribution in [0.3, 0.4) is 0 Å². The SMILES string of the molecule is CCOC(=O)C1=C(C)C2=C(c3c(C)cc(O)cc3C)c3c(C)c(C(=O)OCC)c(C)n3B(F)[N+]2=C1C. The molecule has 2 aliphatic rings. The molecule has 36 heavy (non-hydrogen) atoms. The molecule has 0 atom stereocenters. The van der Waals surface area contributed by atoms with Crippen molar-refractivity contribution in [3.63, 3.8) is 0 Å². The highest BCUT2D eigenvalue weighted by molar-refractivity contribution is 6.45. The van der Waals surface area contributed by atoms with Crippen molar-refractivity contribution in [2.45, 2.75) is 55.4 Å². The number of esters is 2. The Morgan fingerprint density at radius 3 is 2.11 bits per heavy atom. The number of carbonyl (C=O) groups is 2. The van der Waals surface area contributed by atoms with Crippen LogP contribution < -0.4 is 0 Å². The molecule has 2 aliphatic heterocycles. The van der Waals surface area contributed by atoms with Gasteiger partial charge < -0.3 is 14.6 Å². The Morgan fingerprint density at radius 1 is 1.00 bits per heavy atom. The number of phenols is 1. The van der Waals surface area contributed by atoms with Gasteiger partial charge in [0, 0.05) is 18.2 Å². The topological polar surface area (TPSA) is 80.8 Å². The van der Waals surface area contributed by atoms with E-state index in [9.17, 15) is 14.7 Å². The van der Waals surface area contributed by atoms with Crippen LogP contribution in [0.1, 0.15) is 71.7 Å². The van der Waals surface area contributed by atoms with Gasteiger partial charge in [0.25, 0.3) is 0 Å². The third-order valence-electron chi connectivity index (χ3n) is 7.01. The van der Waals surface area contributed by atoms with E-state index >= 15 is 4.32 Å². The van der Waals surface area contributed by atoms with E-state index in [1.165, 1.54) is 8.96 Å². The number of halogens is 1. The molecule has 2 aromatic rings. The van der Waals surface area contributed by atoms with Gasteiger partial charge in [0.2, 0.25) is 0 Å². The molecule has 0 radical (unpaired) electrons. The van der Waals surface area contributed by atoms with Gasteiger partial charge in [0.1, 0.15) is 11.3 Å². The van der Waals surface area contributed by atoms with Crippen molar-refractivity contribution < 1.29 is 33.0 Å². The second kappa shape index (κ2) is 9.11. The fraction of sp³-hybridized carbons (Fsp3) is 0.370. The summed E-state index contributed by atoms with van der Waals surface area (Å²) in [6, 6.07) is 3.31. The molecule has 4 rings (SSSR count). The van der Waals surface area contributed by atoms with Gasteiger partial charge in [-0.2, -0.15) is 0 Å². The molecule has 1 N–H and O–H groups in total. The van der Waals surface area contributed by atoms with Crippen LogP contribution in [0, 0.1) is 27.7 Å². The first-order valence-electron chi connectivity index (χ1n) is 12.1. The zero-order chi connectivity index (χ0) is 26.6. The number of aromatic hydroxyl groups is 1. The standard InChI is InChI=1S/C27H30BFN2O5/c1-9-35-26(33)21-15(5)24-23(20-13(3)11-19(32)12-14(20)4)25-16(6)22(27(34)36-10-2)18(8)31(25)28(29)30(24)17(21)7/h11-12H,9-10H2,1-8H3/p+1. The Balaban J connectivity index is 2.19. The number of allylic oxidation sites excluding steroid dienone is 1. The largest absolute Gasteiger partial charge is 0.846 e. The van der Waals surface area contributed by atoms with Crippen LogP contribution in [-0.2, 0) is 14.3 Å². The lowest BCUT2D eigenvalue weighted by Gasteiger charge is -2.24. The fourth-order valence-corrected chi connectivity index (χ4v) is 5.67. The van der Waals surface area contributed by atoms with Gasteiger partial charge in [-0.1, -0.05) is 0 Å². The highest BCUT2D eigenvalue weighted by Crippen LogP contribution is 2.45. The molecule has 0 saturated carbocycles. The van der Waals surface area contributed by atoms with Gasteiger partial charge in [0.05, 0.1) is 30.0 Å². The molecule has 0 spiro atoms. The van der Waals surface area contributed by atoms with Crippen LogP contribution in [-0.4, -0.2) is 52.2 Å². The van der Waals surface area contributed by atoms with Crippen molar-refractivity contribution in [1.29, 1.82) is 0 Å². The lowest BCUT2D eigenvalue weighted by molar-refractivity contribution is -0.337. The summed E-state index contributed by atoms with van der Waals surface area (Å²) >= 11 is 0. The number of aryl methyl sites for hydroxylation is 2. The van der Waals surface area contributed by atoms with Crippen LogP contribution in [0.5, 0.6) is 5.75 Å². The van der Waals surface area contributed by atoms with E-state index < -0.39 is 19.2 Å². The molecule has 0 fully saturated rings. The van der Waals surface area contributed by atoms with Crippen molar-refractivity contribution in [3.8, 4) is 5.75 Å². The Kier molecular flexibility index (Phi) is 6.45. The smallest absolute Gasteiger partial charge is 0.508 e.